The van der Waals surface area contributed by atoms with Crippen molar-refractivity contribution in [2.24, 2.45) is 0 Å². The van der Waals surface area contributed by atoms with Gasteiger partial charge in [-0.25, -0.2) is 4.79 Å². The zero-order chi connectivity index (χ0) is 19.7. The molecule has 2 heterocycles. The summed E-state index contributed by atoms with van der Waals surface area (Å²) in [5.41, 5.74) is 1.61. The fourth-order valence-corrected chi connectivity index (χ4v) is 4.37. The summed E-state index contributed by atoms with van der Waals surface area (Å²) in [4.78, 5) is 15.8. The van der Waals surface area contributed by atoms with Crippen LogP contribution in [-0.4, -0.2) is 17.5 Å². The SMILES string of the molecule is O=C(Nc1ccccc1)N1CCc2sccc2C1c1ccc(C(F)(F)F)cc1. The van der Waals surface area contributed by atoms with Crippen LogP contribution in [0.2, 0.25) is 0 Å². The van der Waals surface area contributed by atoms with E-state index in [2.05, 4.69) is 5.32 Å². The Bertz CT molecular complexity index is 967. The maximum Gasteiger partial charge on any atom is 0.416 e. The predicted molar refractivity (Wildman–Crippen MR) is 103 cm³/mol. The van der Waals surface area contributed by atoms with Gasteiger partial charge >= 0.3 is 12.2 Å². The van der Waals surface area contributed by atoms with Crippen molar-refractivity contribution in [2.45, 2.75) is 18.6 Å². The Kier molecular flexibility index (Phi) is 4.85. The number of anilines is 1. The smallest absolute Gasteiger partial charge is 0.313 e. The third-order valence-corrected chi connectivity index (χ3v) is 5.80. The van der Waals surface area contributed by atoms with Crippen molar-refractivity contribution in [3.05, 3.63) is 87.6 Å². The van der Waals surface area contributed by atoms with E-state index in [1.165, 1.54) is 12.1 Å². The molecular weight excluding hydrogens is 385 g/mol. The first-order valence-corrected chi connectivity index (χ1v) is 9.67. The highest BCUT2D eigenvalue weighted by molar-refractivity contribution is 7.10. The maximum atomic E-state index is 12.9. The summed E-state index contributed by atoms with van der Waals surface area (Å²) in [6.45, 7) is 0.498. The molecule has 0 radical (unpaired) electrons. The Hall–Kier alpha value is -2.80. The fourth-order valence-electron chi connectivity index (χ4n) is 3.47. The Labute approximate surface area is 164 Å². The highest BCUT2D eigenvalue weighted by atomic mass is 32.1. The standard InChI is InChI=1S/C21H17F3N2OS/c22-21(23,24)15-8-6-14(7-9-15)19-17-11-13-28-18(17)10-12-26(19)20(27)25-16-4-2-1-3-5-16/h1-9,11,13,19H,10,12H2,(H,25,27). The topological polar surface area (TPSA) is 32.3 Å². The van der Waals surface area contributed by atoms with Crippen LogP contribution in [0.25, 0.3) is 0 Å². The summed E-state index contributed by atoms with van der Waals surface area (Å²) in [6, 6.07) is 15.4. The van der Waals surface area contributed by atoms with Gasteiger partial charge in [0.1, 0.15) is 0 Å². The fraction of sp³-hybridized carbons (Fsp3) is 0.190. The van der Waals surface area contributed by atoms with Crippen molar-refractivity contribution in [2.75, 3.05) is 11.9 Å². The van der Waals surface area contributed by atoms with E-state index in [4.69, 9.17) is 0 Å². The number of carbonyl (C=O) groups excluding carboxylic acids is 1. The number of amides is 2. The quantitative estimate of drug-likeness (QED) is 0.565. The lowest BCUT2D eigenvalue weighted by molar-refractivity contribution is -0.137. The Morgan fingerprint density at radius 3 is 2.43 bits per heavy atom. The molecule has 3 nitrogen and oxygen atoms in total. The van der Waals surface area contributed by atoms with Crippen LogP contribution in [0.4, 0.5) is 23.7 Å². The number of halogens is 3. The van der Waals surface area contributed by atoms with E-state index in [0.717, 1.165) is 29.0 Å². The van der Waals surface area contributed by atoms with E-state index in [0.29, 0.717) is 17.8 Å². The summed E-state index contributed by atoms with van der Waals surface area (Å²) < 4.78 is 38.8. The second-order valence-electron chi connectivity index (χ2n) is 6.56. The minimum absolute atomic E-state index is 0.270. The highest BCUT2D eigenvalue weighted by Gasteiger charge is 2.34. The number of urea groups is 1. The molecule has 2 aromatic carbocycles. The first kappa shape index (κ1) is 18.6. The Morgan fingerprint density at radius 1 is 1.04 bits per heavy atom. The lowest BCUT2D eigenvalue weighted by Crippen LogP contribution is -2.42. The second-order valence-corrected chi connectivity index (χ2v) is 7.56. The lowest BCUT2D eigenvalue weighted by atomic mass is 9.93. The van der Waals surface area contributed by atoms with Crippen LogP contribution in [0, 0.1) is 0 Å². The predicted octanol–water partition coefficient (Wildman–Crippen LogP) is 5.95. The van der Waals surface area contributed by atoms with Crippen LogP contribution in [0.3, 0.4) is 0 Å². The van der Waals surface area contributed by atoms with Crippen LogP contribution < -0.4 is 5.32 Å². The third-order valence-electron chi connectivity index (χ3n) is 4.81. The molecule has 1 N–H and O–H groups in total. The summed E-state index contributed by atoms with van der Waals surface area (Å²) in [5.74, 6) is 0. The summed E-state index contributed by atoms with van der Waals surface area (Å²) >= 11 is 1.61. The molecule has 1 aliphatic rings. The molecule has 1 aliphatic heterocycles. The number of para-hydroxylation sites is 1. The normalized spacial score (nSPS) is 16.5. The monoisotopic (exact) mass is 402 g/mol. The van der Waals surface area contributed by atoms with Gasteiger partial charge in [0.05, 0.1) is 11.6 Å². The number of benzene rings is 2. The molecule has 0 fully saturated rings. The molecule has 0 saturated carbocycles. The molecule has 3 aromatic rings. The zero-order valence-electron chi connectivity index (χ0n) is 14.7. The van der Waals surface area contributed by atoms with Crippen LogP contribution in [0.15, 0.2) is 66.0 Å². The van der Waals surface area contributed by atoms with Crippen molar-refractivity contribution < 1.29 is 18.0 Å². The van der Waals surface area contributed by atoms with Crippen LogP contribution in [0.1, 0.15) is 27.6 Å². The van der Waals surface area contributed by atoms with Crippen LogP contribution in [-0.2, 0) is 12.6 Å². The minimum Gasteiger partial charge on any atom is -0.313 e. The average Bonchev–Trinajstić information content (AvgIpc) is 3.16. The van der Waals surface area contributed by atoms with Crippen LogP contribution in [0.5, 0.6) is 0 Å². The number of hydrogen-bond donors (Lipinski definition) is 1. The molecule has 0 saturated heterocycles. The largest absolute Gasteiger partial charge is 0.416 e. The number of fused-ring (bicyclic) bond motifs is 1. The number of nitrogens with one attached hydrogen (secondary N) is 1. The second kappa shape index (κ2) is 7.31. The average molecular weight is 402 g/mol. The molecule has 2 amide bonds. The Morgan fingerprint density at radius 2 is 1.75 bits per heavy atom. The zero-order valence-corrected chi connectivity index (χ0v) is 15.6. The van der Waals surface area contributed by atoms with Gasteiger partial charge < -0.3 is 10.2 Å². The molecular formula is C21H17F3N2OS. The van der Waals surface area contributed by atoms with Gasteiger partial charge in [-0.3, -0.25) is 0 Å². The van der Waals surface area contributed by atoms with E-state index in [1.54, 1.807) is 28.4 Å². The lowest BCUT2D eigenvalue weighted by Gasteiger charge is -2.36. The molecule has 4 rings (SSSR count). The molecule has 28 heavy (non-hydrogen) atoms. The highest BCUT2D eigenvalue weighted by Crippen LogP contribution is 2.39. The molecule has 144 valence electrons. The van der Waals surface area contributed by atoms with Crippen LogP contribution >= 0.6 is 11.3 Å². The van der Waals surface area contributed by atoms with Gasteiger partial charge in [0.25, 0.3) is 0 Å². The maximum absolute atomic E-state index is 12.9. The first-order chi connectivity index (χ1) is 13.4. The minimum atomic E-state index is -4.39. The Balaban J connectivity index is 1.67. The summed E-state index contributed by atoms with van der Waals surface area (Å²) in [6.07, 6.45) is -3.66. The van der Waals surface area contributed by atoms with Gasteiger partial charge in [-0.05, 0) is 53.3 Å². The molecule has 1 atom stereocenters. The van der Waals surface area contributed by atoms with Gasteiger partial charge in [-0.2, -0.15) is 13.2 Å². The van der Waals surface area contributed by atoms with E-state index in [1.807, 2.05) is 29.6 Å². The molecule has 1 aromatic heterocycles. The number of alkyl halides is 3. The van der Waals surface area contributed by atoms with Crippen molar-refractivity contribution >= 4 is 23.1 Å². The van der Waals surface area contributed by atoms with Crippen molar-refractivity contribution in [3.8, 4) is 0 Å². The van der Waals surface area contributed by atoms with Gasteiger partial charge in [0.2, 0.25) is 0 Å². The first-order valence-electron chi connectivity index (χ1n) is 8.79. The van der Waals surface area contributed by atoms with Gasteiger partial charge in [0, 0.05) is 17.1 Å². The third kappa shape index (κ3) is 3.62. The molecule has 0 spiro atoms. The summed E-state index contributed by atoms with van der Waals surface area (Å²) in [5, 5.41) is 4.84. The molecule has 1 unspecified atom stereocenters. The molecule has 0 aliphatic carbocycles. The van der Waals surface area contributed by atoms with Crippen molar-refractivity contribution in [1.29, 1.82) is 0 Å². The number of nitrogens with zero attached hydrogens (tertiary/aromatic N) is 1. The van der Waals surface area contributed by atoms with E-state index < -0.39 is 17.8 Å². The summed E-state index contributed by atoms with van der Waals surface area (Å²) in [7, 11) is 0. The van der Waals surface area contributed by atoms with Crippen molar-refractivity contribution in [3.63, 3.8) is 0 Å². The van der Waals surface area contributed by atoms with Gasteiger partial charge in [-0.1, -0.05) is 30.3 Å². The number of rotatable bonds is 2. The van der Waals surface area contributed by atoms with Gasteiger partial charge in [-0.15, -0.1) is 11.3 Å². The number of carbonyl (C=O) groups is 1. The van der Waals surface area contributed by atoms with E-state index in [-0.39, 0.29) is 6.03 Å². The number of hydrogen-bond acceptors (Lipinski definition) is 2. The van der Waals surface area contributed by atoms with Crippen molar-refractivity contribution in [1.82, 2.24) is 4.90 Å². The number of thiophene rings is 1. The van der Waals surface area contributed by atoms with E-state index >= 15 is 0 Å². The molecule has 0 bridgehead atoms. The van der Waals surface area contributed by atoms with E-state index in [9.17, 15) is 18.0 Å². The molecule has 7 heteroatoms. The van der Waals surface area contributed by atoms with Gasteiger partial charge in [0.15, 0.2) is 0 Å².